The van der Waals surface area contributed by atoms with Crippen LogP contribution in [0, 0.1) is 18.8 Å². The molecule has 0 aliphatic heterocycles. The van der Waals surface area contributed by atoms with E-state index >= 15 is 0 Å². The van der Waals surface area contributed by atoms with Crippen LogP contribution in [-0.2, 0) is 4.79 Å². The van der Waals surface area contributed by atoms with Gasteiger partial charge in [0.25, 0.3) is 0 Å². The van der Waals surface area contributed by atoms with E-state index in [1.165, 1.54) is 29.2 Å². The largest absolute Gasteiger partial charge is 0.326 e. The number of amides is 1. The lowest BCUT2D eigenvalue weighted by Gasteiger charge is -2.29. The van der Waals surface area contributed by atoms with E-state index in [2.05, 4.69) is 67.4 Å². The average Bonchev–Trinajstić information content (AvgIpc) is 3.75. The topological polar surface area (TPSA) is 59.2 Å². The number of rotatable bonds is 8. The number of hydrogen-bond acceptors (Lipinski definition) is 3. The third-order valence-electron chi connectivity index (χ3n) is 7.66. The number of carbonyl (C=O) groups is 1. The molecular weight excluding hydrogens is 406 g/mol. The van der Waals surface area contributed by atoms with E-state index in [4.69, 9.17) is 5.73 Å². The second-order valence-corrected chi connectivity index (χ2v) is 10.3. The molecule has 5 rings (SSSR count). The molecule has 172 valence electrons. The number of fused-ring (bicyclic) bond motifs is 1. The van der Waals surface area contributed by atoms with Crippen LogP contribution in [0.1, 0.15) is 68.2 Å². The van der Waals surface area contributed by atoms with Crippen molar-refractivity contribution in [2.24, 2.45) is 17.6 Å². The van der Waals surface area contributed by atoms with Gasteiger partial charge >= 0.3 is 0 Å². The number of nitrogens with two attached hydrogens (primary N) is 1. The Morgan fingerprint density at radius 2 is 1.88 bits per heavy atom. The first-order chi connectivity index (χ1) is 15.9. The molecule has 4 atom stereocenters. The highest BCUT2D eigenvalue weighted by atomic mass is 16.2. The second-order valence-electron chi connectivity index (χ2n) is 10.3. The fraction of sp³-hybridized carbons (Fsp3) is 0.448. The van der Waals surface area contributed by atoms with Crippen molar-refractivity contribution in [1.82, 2.24) is 4.98 Å². The van der Waals surface area contributed by atoms with Crippen molar-refractivity contribution in [2.75, 3.05) is 11.4 Å². The first kappa shape index (κ1) is 22.1. The molecule has 1 amide bonds. The van der Waals surface area contributed by atoms with Crippen molar-refractivity contribution in [3.05, 3.63) is 71.5 Å². The normalized spacial score (nSPS) is 21.6. The zero-order valence-electron chi connectivity index (χ0n) is 20.0. The minimum absolute atomic E-state index is 0.0164. The zero-order valence-corrected chi connectivity index (χ0v) is 20.0. The Balaban J connectivity index is 1.42. The third-order valence-corrected chi connectivity index (χ3v) is 7.66. The number of pyridine rings is 1. The van der Waals surface area contributed by atoms with Gasteiger partial charge in [0.2, 0.25) is 5.91 Å². The molecule has 1 heterocycles. The van der Waals surface area contributed by atoms with Gasteiger partial charge in [-0.3, -0.25) is 9.78 Å². The van der Waals surface area contributed by atoms with Gasteiger partial charge in [-0.2, -0.15) is 0 Å². The lowest BCUT2D eigenvalue weighted by atomic mass is 9.98. The van der Waals surface area contributed by atoms with Crippen molar-refractivity contribution in [3.8, 4) is 0 Å². The summed E-state index contributed by atoms with van der Waals surface area (Å²) in [4.78, 5) is 20.3. The number of benzene rings is 2. The molecule has 2 aromatic carbocycles. The number of aromatic nitrogens is 1. The number of nitrogens with zero attached hydrogens (tertiary/aromatic N) is 2. The second kappa shape index (κ2) is 8.90. The minimum atomic E-state index is -0.0541. The Labute approximate surface area is 197 Å². The molecule has 33 heavy (non-hydrogen) atoms. The Hall–Kier alpha value is -2.72. The van der Waals surface area contributed by atoms with Crippen molar-refractivity contribution in [3.63, 3.8) is 0 Å². The van der Waals surface area contributed by atoms with Crippen LogP contribution in [0.25, 0.3) is 10.8 Å². The summed E-state index contributed by atoms with van der Waals surface area (Å²) in [5, 5.41) is 2.43. The lowest BCUT2D eigenvalue weighted by molar-refractivity contribution is -0.120. The minimum Gasteiger partial charge on any atom is -0.326 e. The molecule has 0 unspecified atom stereocenters. The summed E-state index contributed by atoms with van der Waals surface area (Å²) in [7, 11) is 0. The van der Waals surface area contributed by atoms with Crippen LogP contribution in [0.4, 0.5) is 5.69 Å². The molecule has 2 aliphatic carbocycles. The van der Waals surface area contributed by atoms with Gasteiger partial charge < -0.3 is 10.6 Å². The molecule has 4 nitrogen and oxygen atoms in total. The number of carbonyl (C=O) groups excluding carboxylic acids is 1. The Kier molecular flexibility index (Phi) is 5.96. The van der Waals surface area contributed by atoms with E-state index < -0.39 is 0 Å². The van der Waals surface area contributed by atoms with Crippen LogP contribution < -0.4 is 10.6 Å². The number of aryl methyl sites for hydroxylation is 1. The van der Waals surface area contributed by atoms with Crippen LogP contribution in [0.3, 0.4) is 0 Å². The maximum Gasteiger partial charge on any atom is 0.230 e. The van der Waals surface area contributed by atoms with E-state index in [9.17, 15) is 4.79 Å². The average molecular weight is 442 g/mol. The fourth-order valence-corrected chi connectivity index (χ4v) is 4.80. The Morgan fingerprint density at radius 3 is 2.58 bits per heavy atom. The molecule has 0 bridgehead atoms. The molecule has 3 aromatic rings. The molecule has 4 heteroatoms. The molecular formula is C29H35N3O. The predicted molar refractivity (Wildman–Crippen MR) is 136 cm³/mol. The van der Waals surface area contributed by atoms with Gasteiger partial charge in [0.1, 0.15) is 0 Å². The molecule has 2 aliphatic rings. The summed E-state index contributed by atoms with van der Waals surface area (Å²) in [5.41, 5.74) is 11.1. The molecule has 2 N–H and O–H groups in total. The molecule has 0 radical (unpaired) electrons. The molecule has 0 saturated heterocycles. The lowest BCUT2D eigenvalue weighted by Crippen LogP contribution is -2.45. The van der Waals surface area contributed by atoms with Crippen LogP contribution in [0.15, 0.2) is 54.7 Å². The van der Waals surface area contributed by atoms with Crippen molar-refractivity contribution in [2.45, 2.75) is 64.3 Å². The van der Waals surface area contributed by atoms with Gasteiger partial charge in [-0.15, -0.1) is 0 Å². The monoisotopic (exact) mass is 441 g/mol. The van der Waals surface area contributed by atoms with Gasteiger partial charge in [-0.05, 0) is 78.1 Å². The highest BCUT2D eigenvalue weighted by Gasteiger charge is 2.47. The standard InChI is InChI=1S/C29H35N3O/c1-4-19(3)27(30)17-32(29(33)26-15-25(26)28-12-5-18(2)16-31-28)24-11-10-22-13-21(20-6-7-20)8-9-23(22)14-24/h5,8-14,16,19-20,25-27H,4,6-7,15,17,30H2,1-3H3/t19-,25+,26+,27+/m0/s1. The van der Waals surface area contributed by atoms with Gasteiger partial charge in [-0.25, -0.2) is 0 Å². The number of anilines is 1. The fourth-order valence-electron chi connectivity index (χ4n) is 4.80. The van der Waals surface area contributed by atoms with Crippen LogP contribution in [0.2, 0.25) is 0 Å². The van der Waals surface area contributed by atoms with Crippen LogP contribution in [0.5, 0.6) is 0 Å². The Bertz CT molecular complexity index is 1150. The predicted octanol–water partition coefficient (Wildman–Crippen LogP) is 5.93. The first-order valence-corrected chi connectivity index (χ1v) is 12.5. The summed E-state index contributed by atoms with van der Waals surface area (Å²) >= 11 is 0. The summed E-state index contributed by atoms with van der Waals surface area (Å²) < 4.78 is 0. The van der Waals surface area contributed by atoms with Gasteiger partial charge in [-0.1, -0.05) is 50.6 Å². The molecule has 2 saturated carbocycles. The van der Waals surface area contributed by atoms with Gasteiger partial charge in [0.05, 0.1) is 0 Å². The first-order valence-electron chi connectivity index (χ1n) is 12.5. The summed E-state index contributed by atoms with van der Waals surface area (Å²) in [6.07, 6.45) is 6.37. The smallest absolute Gasteiger partial charge is 0.230 e. The number of hydrogen-bond donors (Lipinski definition) is 1. The highest BCUT2D eigenvalue weighted by Crippen LogP contribution is 2.48. The van der Waals surface area contributed by atoms with E-state index in [1.807, 2.05) is 18.0 Å². The van der Waals surface area contributed by atoms with Gasteiger partial charge in [0, 0.05) is 42.0 Å². The molecule has 0 spiro atoms. The summed E-state index contributed by atoms with van der Waals surface area (Å²) in [5.74, 6) is 1.47. The van der Waals surface area contributed by atoms with E-state index in [-0.39, 0.29) is 23.8 Å². The van der Waals surface area contributed by atoms with Crippen molar-refractivity contribution >= 4 is 22.4 Å². The summed E-state index contributed by atoms with van der Waals surface area (Å²) in [6, 6.07) is 17.3. The SMILES string of the molecule is CC[C@H](C)[C@H](N)CN(C(=O)[C@@H]1C[C@H]1c1ccc(C)cn1)c1ccc2cc(C3CC3)ccc2c1. The van der Waals surface area contributed by atoms with E-state index in [1.54, 1.807) is 0 Å². The quantitative estimate of drug-likeness (QED) is 0.471. The van der Waals surface area contributed by atoms with E-state index in [0.717, 1.165) is 35.7 Å². The van der Waals surface area contributed by atoms with E-state index in [0.29, 0.717) is 12.5 Å². The maximum atomic E-state index is 13.7. The Morgan fingerprint density at radius 1 is 1.12 bits per heavy atom. The highest BCUT2D eigenvalue weighted by molar-refractivity contribution is 5.99. The van der Waals surface area contributed by atoms with Crippen LogP contribution >= 0.6 is 0 Å². The van der Waals surface area contributed by atoms with Crippen molar-refractivity contribution in [1.29, 1.82) is 0 Å². The molecule has 2 fully saturated rings. The zero-order chi connectivity index (χ0) is 23.1. The van der Waals surface area contributed by atoms with Crippen LogP contribution in [-0.4, -0.2) is 23.5 Å². The third kappa shape index (κ3) is 4.67. The van der Waals surface area contributed by atoms with Crippen molar-refractivity contribution < 1.29 is 4.79 Å². The maximum absolute atomic E-state index is 13.7. The summed E-state index contributed by atoms with van der Waals surface area (Å²) in [6.45, 7) is 6.91. The molecule has 1 aromatic heterocycles. The van der Waals surface area contributed by atoms with Gasteiger partial charge in [0.15, 0.2) is 0 Å².